The summed E-state index contributed by atoms with van der Waals surface area (Å²) in [6.45, 7) is 2.50. The number of rotatable bonds is 1. The molecule has 0 saturated carbocycles. The van der Waals surface area contributed by atoms with Crippen molar-refractivity contribution in [2.75, 3.05) is 6.61 Å². The first kappa shape index (κ1) is 6.80. The second-order valence-corrected chi connectivity index (χ2v) is 2.83. The summed E-state index contributed by atoms with van der Waals surface area (Å²) in [4.78, 5) is 0. The van der Waals surface area contributed by atoms with Crippen LogP contribution in [0.4, 0.5) is 4.39 Å². The van der Waals surface area contributed by atoms with Crippen LogP contribution in [0.5, 0.6) is 0 Å². The fraction of sp³-hybridized carbons (Fsp3) is 0.333. The molecular formula is C9H9FO. The Kier molecular flexibility index (Phi) is 1.43. The minimum absolute atomic E-state index is 0.141. The summed E-state index contributed by atoms with van der Waals surface area (Å²) in [6, 6.07) is 5.25. The van der Waals surface area contributed by atoms with E-state index < -0.39 is 0 Å². The lowest BCUT2D eigenvalue weighted by molar-refractivity contribution is 0.414. The van der Waals surface area contributed by atoms with Crippen LogP contribution in [0.15, 0.2) is 18.2 Å². The van der Waals surface area contributed by atoms with Crippen LogP contribution in [0.2, 0.25) is 0 Å². The van der Waals surface area contributed by atoms with Gasteiger partial charge in [-0.1, -0.05) is 12.1 Å². The summed E-state index contributed by atoms with van der Waals surface area (Å²) in [7, 11) is 0. The topological polar surface area (TPSA) is 12.5 Å². The van der Waals surface area contributed by atoms with Gasteiger partial charge < -0.3 is 4.74 Å². The molecule has 0 aromatic heterocycles. The smallest absolute Gasteiger partial charge is 0.126 e. The predicted octanol–water partition coefficient (Wildman–Crippen LogP) is 2.21. The van der Waals surface area contributed by atoms with Gasteiger partial charge in [0.05, 0.1) is 6.61 Å². The molecule has 0 bridgehead atoms. The third-order valence-corrected chi connectivity index (χ3v) is 1.90. The van der Waals surface area contributed by atoms with Gasteiger partial charge in [0.15, 0.2) is 0 Å². The van der Waals surface area contributed by atoms with E-state index in [1.807, 2.05) is 6.07 Å². The molecule has 1 fully saturated rings. The highest BCUT2D eigenvalue weighted by atomic mass is 19.1. The molecule has 0 radical (unpaired) electrons. The van der Waals surface area contributed by atoms with E-state index in [1.54, 1.807) is 19.1 Å². The molecule has 0 aliphatic carbocycles. The molecule has 2 rings (SSSR count). The maximum absolute atomic E-state index is 12.9. The van der Waals surface area contributed by atoms with E-state index in [4.69, 9.17) is 4.74 Å². The molecule has 0 N–H and O–H groups in total. The molecule has 1 unspecified atom stereocenters. The zero-order valence-corrected chi connectivity index (χ0v) is 6.30. The summed E-state index contributed by atoms with van der Waals surface area (Å²) in [6.07, 6.45) is 0.157. The highest BCUT2D eigenvalue weighted by Gasteiger charge is 2.24. The van der Waals surface area contributed by atoms with Crippen molar-refractivity contribution < 1.29 is 9.13 Å². The van der Waals surface area contributed by atoms with Crippen LogP contribution in [0.25, 0.3) is 0 Å². The van der Waals surface area contributed by atoms with Crippen molar-refractivity contribution in [1.82, 2.24) is 0 Å². The maximum Gasteiger partial charge on any atom is 0.126 e. The van der Waals surface area contributed by atoms with Crippen molar-refractivity contribution in [3.63, 3.8) is 0 Å². The summed E-state index contributed by atoms with van der Waals surface area (Å²) < 4.78 is 17.9. The Balaban J connectivity index is 2.36. The largest absolute Gasteiger partial charge is 0.368 e. The van der Waals surface area contributed by atoms with E-state index in [1.165, 1.54) is 0 Å². The Morgan fingerprint density at radius 2 is 2.27 bits per heavy atom. The van der Waals surface area contributed by atoms with Gasteiger partial charge in [0, 0.05) is 0 Å². The lowest BCUT2D eigenvalue weighted by atomic mass is 10.1. The third kappa shape index (κ3) is 1.26. The molecular weight excluding hydrogens is 143 g/mol. The first-order chi connectivity index (χ1) is 5.27. The van der Waals surface area contributed by atoms with Gasteiger partial charge in [-0.3, -0.25) is 0 Å². The normalized spacial score (nSPS) is 21.8. The molecule has 1 aliphatic rings. The van der Waals surface area contributed by atoms with Gasteiger partial charge >= 0.3 is 0 Å². The van der Waals surface area contributed by atoms with Gasteiger partial charge in [0.2, 0.25) is 0 Å². The van der Waals surface area contributed by atoms with Gasteiger partial charge in [0.25, 0.3) is 0 Å². The molecule has 1 atom stereocenters. The lowest BCUT2D eigenvalue weighted by Crippen LogP contribution is -1.86. The van der Waals surface area contributed by atoms with Gasteiger partial charge in [-0.25, -0.2) is 4.39 Å². The number of aryl methyl sites for hydroxylation is 1. The first-order valence-electron chi connectivity index (χ1n) is 3.65. The van der Waals surface area contributed by atoms with Gasteiger partial charge in [0.1, 0.15) is 11.9 Å². The van der Waals surface area contributed by atoms with Crippen molar-refractivity contribution in [3.05, 3.63) is 35.1 Å². The molecule has 1 heterocycles. The Labute approximate surface area is 64.8 Å². The van der Waals surface area contributed by atoms with E-state index in [0.717, 1.165) is 12.2 Å². The number of hydrogen-bond acceptors (Lipinski definition) is 1. The first-order valence-corrected chi connectivity index (χ1v) is 3.65. The zero-order valence-electron chi connectivity index (χ0n) is 6.30. The van der Waals surface area contributed by atoms with Crippen LogP contribution in [-0.2, 0) is 4.74 Å². The SMILES string of the molecule is Cc1ccc(C2CO2)cc1F. The average molecular weight is 152 g/mol. The summed E-state index contributed by atoms with van der Waals surface area (Å²) in [5, 5.41) is 0. The zero-order chi connectivity index (χ0) is 7.84. The number of halogens is 1. The molecule has 11 heavy (non-hydrogen) atoms. The third-order valence-electron chi connectivity index (χ3n) is 1.90. The number of hydrogen-bond donors (Lipinski definition) is 0. The molecule has 2 heteroatoms. The van der Waals surface area contributed by atoms with Crippen LogP contribution in [0.3, 0.4) is 0 Å². The van der Waals surface area contributed by atoms with Crippen LogP contribution in [0.1, 0.15) is 17.2 Å². The Bertz CT molecular complexity index is 279. The Hall–Kier alpha value is -0.890. The molecule has 0 amide bonds. The van der Waals surface area contributed by atoms with Crippen LogP contribution in [0, 0.1) is 12.7 Å². The second-order valence-electron chi connectivity index (χ2n) is 2.83. The molecule has 1 aromatic carbocycles. The monoisotopic (exact) mass is 152 g/mol. The van der Waals surface area contributed by atoms with Crippen molar-refractivity contribution >= 4 is 0 Å². The standard InChI is InChI=1S/C9H9FO/c1-6-2-3-7(4-8(6)10)9-5-11-9/h2-4,9H,5H2,1H3. The van der Waals surface area contributed by atoms with E-state index in [-0.39, 0.29) is 11.9 Å². The van der Waals surface area contributed by atoms with Crippen molar-refractivity contribution in [2.24, 2.45) is 0 Å². The highest BCUT2D eigenvalue weighted by molar-refractivity contribution is 5.26. The highest BCUT2D eigenvalue weighted by Crippen LogP contribution is 2.30. The van der Waals surface area contributed by atoms with Gasteiger partial charge in [-0.05, 0) is 24.1 Å². The van der Waals surface area contributed by atoms with Crippen molar-refractivity contribution in [3.8, 4) is 0 Å². The predicted molar refractivity (Wildman–Crippen MR) is 39.8 cm³/mol. The maximum atomic E-state index is 12.9. The molecule has 1 aromatic rings. The van der Waals surface area contributed by atoms with Crippen LogP contribution >= 0.6 is 0 Å². The lowest BCUT2D eigenvalue weighted by Gasteiger charge is -1.98. The molecule has 1 nitrogen and oxygen atoms in total. The fourth-order valence-corrected chi connectivity index (χ4v) is 1.05. The van der Waals surface area contributed by atoms with E-state index >= 15 is 0 Å². The molecule has 58 valence electrons. The minimum atomic E-state index is -0.141. The fourth-order valence-electron chi connectivity index (χ4n) is 1.05. The van der Waals surface area contributed by atoms with Gasteiger partial charge in [-0.2, -0.15) is 0 Å². The quantitative estimate of drug-likeness (QED) is 0.562. The van der Waals surface area contributed by atoms with Crippen LogP contribution < -0.4 is 0 Å². The van der Waals surface area contributed by atoms with E-state index in [9.17, 15) is 4.39 Å². The molecule has 0 spiro atoms. The van der Waals surface area contributed by atoms with E-state index in [2.05, 4.69) is 0 Å². The number of ether oxygens (including phenoxy) is 1. The summed E-state index contributed by atoms with van der Waals surface area (Å²) >= 11 is 0. The van der Waals surface area contributed by atoms with E-state index in [0.29, 0.717) is 5.56 Å². The molecule has 1 saturated heterocycles. The second kappa shape index (κ2) is 2.31. The van der Waals surface area contributed by atoms with Crippen molar-refractivity contribution in [1.29, 1.82) is 0 Å². The van der Waals surface area contributed by atoms with Crippen LogP contribution in [-0.4, -0.2) is 6.61 Å². The number of epoxide rings is 1. The molecule has 1 aliphatic heterocycles. The Morgan fingerprint density at radius 3 is 2.82 bits per heavy atom. The minimum Gasteiger partial charge on any atom is -0.368 e. The van der Waals surface area contributed by atoms with Gasteiger partial charge in [-0.15, -0.1) is 0 Å². The number of benzene rings is 1. The van der Waals surface area contributed by atoms with Crippen molar-refractivity contribution in [2.45, 2.75) is 13.0 Å². The summed E-state index contributed by atoms with van der Waals surface area (Å²) in [5.74, 6) is -0.141. The Morgan fingerprint density at radius 1 is 1.55 bits per heavy atom. The average Bonchev–Trinajstić information content (AvgIpc) is 2.77. The summed E-state index contributed by atoms with van der Waals surface area (Å²) in [5.41, 5.74) is 1.64.